The monoisotopic (exact) mass is 381 g/mol. The molecular formula is C18H22ClN2O3S+. The van der Waals surface area contributed by atoms with E-state index >= 15 is 0 Å². The lowest BCUT2D eigenvalue weighted by Crippen LogP contribution is -3.15. The minimum atomic E-state index is -3.52. The van der Waals surface area contributed by atoms with Crippen LogP contribution in [0.2, 0.25) is 5.02 Å². The number of nitrogens with zero attached hydrogens (tertiary/aromatic N) is 1. The number of sulfonamides is 1. The molecule has 0 unspecified atom stereocenters. The summed E-state index contributed by atoms with van der Waals surface area (Å²) < 4.78 is 26.9. The Morgan fingerprint density at radius 2 is 1.76 bits per heavy atom. The molecule has 0 bridgehead atoms. The molecule has 2 N–H and O–H groups in total. The zero-order valence-electron chi connectivity index (χ0n) is 13.8. The maximum atomic E-state index is 12.7. The van der Waals surface area contributed by atoms with Crippen LogP contribution in [0.3, 0.4) is 0 Å². The summed E-state index contributed by atoms with van der Waals surface area (Å²) in [5.41, 5.74) is 0.893. The Labute approximate surface area is 153 Å². The van der Waals surface area contributed by atoms with Crippen LogP contribution in [0.5, 0.6) is 0 Å². The van der Waals surface area contributed by atoms with E-state index in [9.17, 15) is 13.5 Å². The van der Waals surface area contributed by atoms with Gasteiger partial charge in [-0.25, -0.2) is 8.42 Å². The van der Waals surface area contributed by atoms with Crippen LogP contribution in [0.1, 0.15) is 11.7 Å². The van der Waals surface area contributed by atoms with Crippen molar-refractivity contribution in [1.29, 1.82) is 0 Å². The Kier molecular flexibility index (Phi) is 5.76. The molecule has 1 heterocycles. The maximum Gasteiger partial charge on any atom is 0.243 e. The highest BCUT2D eigenvalue weighted by Gasteiger charge is 2.31. The van der Waals surface area contributed by atoms with Crippen molar-refractivity contribution in [2.45, 2.75) is 11.0 Å². The van der Waals surface area contributed by atoms with Crippen molar-refractivity contribution >= 4 is 21.6 Å². The molecule has 0 aromatic heterocycles. The van der Waals surface area contributed by atoms with Crippen molar-refractivity contribution < 1.29 is 18.4 Å². The number of halogens is 1. The Morgan fingerprint density at radius 1 is 1.08 bits per heavy atom. The van der Waals surface area contributed by atoms with Gasteiger partial charge in [0.25, 0.3) is 0 Å². The summed E-state index contributed by atoms with van der Waals surface area (Å²) in [4.78, 5) is 1.43. The second-order valence-electron chi connectivity index (χ2n) is 6.24. The molecule has 25 heavy (non-hydrogen) atoms. The van der Waals surface area contributed by atoms with Gasteiger partial charge < -0.3 is 10.0 Å². The summed E-state index contributed by atoms with van der Waals surface area (Å²) in [5.74, 6) is 0. The summed E-state index contributed by atoms with van der Waals surface area (Å²) in [5, 5.41) is 10.8. The summed E-state index contributed by atoms with van der Waals surface area (Å²) in [7, 11) is -3.52. The number of quaternary nitrogens is 1. The van der Waals surface area contributed by atoms with Gasteiger partial charge in [-0.1, -0.05) is 48.0 Å². The van der Waals surface area contributed by atoms with E-state index in [1.165, 1.54) is 15.3 Å². The fourth-order valence-corrected chi connectivity index (χ4v) is 4.83. The van der Waals surface area contributed by atoms with Crippen molar-refractivity contribution in [1.82, 2.24) is 4.31 Å². The van der Waals surface area contributed by atoms with Gasteiger partial charge in [-0.15, -0.1) is 0 Å². The second kappa shape index (κ2) is 7.85. The molecular weight excluding hydrogens is 360 g/mol. The zero-order valence-corrected chi connectivity index (χ0v) is 15.4. The maximum absolute atomic E-state index is 12.7. The number of rotatable bonds is 5. The molecule has 134 valence electrons. The Morgan fingerprint density at radius 3 is 2.40 bits per heavy atom. The molecule has 1 saturated heterocycles. The number of piperazine rings is 1. The molecule has 0 radical (unpaired) electrons. The molecule has 5 nitrogen and oxygen atoms in total. The smallest absolute Gasteiger partial charge is 0.243 e. The summed E-state index contributed by atoms with van der Waals surface area (Å²) in [6, 6.07) is 15.9. The average Bonchev–Trinajstić information content (AvgIpc) is 2.63. The van der Waals surface area contributed by atoms with E-state index in [-0.39, 0.29) is 4.90 Å². The van der Waals surface area contributed by atoms with Crippen LogP contribution in [0.15, 0.2) is 59.5 Å². The predicted octanol–water partition coefficient (Wildman–Crippen LogP) is 0.963. The Hall–Kier alpha value is -1.44. The van der Waals surface area contributed by atoms with Gasteiger partial charge in [-0.05, 0) is 23.8 Å². The van der Waals surface area contributed by atoms with Gasteiger partial charge in [-0.3, -0.25) is 0 Å². The van der Waals surface area contributed by atoms with E-state index in [1.54, 1.807) is 18.2 Å². The van der Waals surface area contributed by atoms with E-state index in [4.69, 9.17) is 11.6 Å². The van der Waals surface area contributed by atoms with Crippen LogP contribution in [0.25, 0.3) is 0 Å². The lowest BCUT2D eigenvalue weighted by molar-refractivity contribution is -0.907. The largest absolute Gasteiger partial charge is 0.382 e. The fraction of sp³-hybridized carbons (Fsp3) is 0.333. The molecule has 1 aliphatic heterocycles. The van der Waals surface area contributed by atoms with E-state index in [2.05, 4.69) is 0 Å². The van der Waals surface area contributed by atoms with E-state index in [0.717, 1.165) is 5.56 Å². The lowest BCUT2D eigenvalue weighted by Gasteiger charge is -2.32. The highest BCUT2D eigenvalue weighted by atomic mass is 35.5. The quantitative estimate of drug-likeness (QED) is 0.811. The first-order valence-electron chi connectivity index (χ1n) is 8.29. The molecule has 1 fully saturated rings. The predicted molar refractivity (Wildman–Crippen MR) is 97.2 cm³/mol. The minimum Gasteiger partial charge on any atom is -0.382 e. The molecule has 0 aliphatic carbocycles. The van der Waals surface area contributed by atoms with E-state index in [0.29, 0.717) is 37.7 Å². The first-order chi connectivity index (χ1) is 12.0. The molecule has 7 heteroatoms. The number of hydrogen-bond donors (Lipinski definition) is 2. The molecule has 3 rings (SSSR count). The van der Waals surface area contributed by atoms with Crippen molar-refractivity contribution in [2.75, 3.05) is 32.7 Å². The third-order valence-electron chi connectivity index (χ3n) is 4.53. The number of nitrogens with one attached hydrogen (secondary N) is 1. The SMILES string of the molecule is O=S(=O)(c1cccc(Cl)c1)N1CC[NH+](C[C@@H](O)c2ccccc2)CC1. The second-order valence-corrected chi connectivity index (χ2v) is 8.62. The Balaban J connectivity index is 1.60. The molecule has 0 saturated carbocycles. The highest BCUT2D eigenvalue weighted by molar-refractivity contribution is 7.89. The topological polar surface area (TPSA) is 62.0 Å². The Bertz CT molecular complexity index is 806. The zero-order chi connectivity index (χ0) is 17.9. The third kappa shape index (κ3) is 4.40. The minimum absolute atomic E-state index is 0.229. The number of hydrogen-bond acceptors (Lipinski definition) is 3. The van der Waals surface area contributed by atoms with Crippen LogP contribution in [0.4, 0.5) is 0 Å². The first kappa shape index (κ1) is 18.4. The van der Waals surface area contributed by atoms with Gasteiger partial charge in [0, 0.05) is 5.02 Å². The highest BCUT2D eigenvalue weighted by Crippen LogP contribution is 2.19. The summed E-state index contributed by atoms with van der Waals surface area (Å²) >= 11 is 5.91. The van der Waals surface area contributed by atoms with Crippen molar-refractivity contribution in [3.8, 4) is 0 Å². The van der Waals surface area contributed by atoms with E-state index < -0.39 is 16.1 Å². The van der Waals surface area contributed by atoms with Gasteiger partial charge in [0.1, 0.15) is 12.6 Å². The van der Waals surface area contributed by atoms with Crippen LogP contribution >= 0.6 is 11.6 Å². The van der Waals surface area contributed by atoms with Crippen molar-refractivity contribution in [3.63, 3.8) is 0 Å². The standard InChI is InChI=1S/C18H21ClN2O3S/c19-16-7-4-8-17(13-16)25(23,24)21-11-9-20(10-12-21)14-18(22)15-5-2-1-3-6-15/h1-8,13,18,22H,9-12,14H2/p+1/t18-/m1/s1. The van der Waals surface area contributed by atoms with Crippen molar-refractivity contribution in [2.24, 2.45) is 0 Å². The van der Waals surface area contributed by atoms with E-state index in [1.807, 2.05) is 30.3 Å². The molecule has 1 atom stereocenters. The third-order valence-corrected chi connectivity index (χ3v) is 6.66. The average molecular weight is 382 g/mol. The lowest BCUT2D eigenvalue weighted by atomic mass is 10.1. The first-order valence-corrected chi connectivity index (χ1v) is 10.1. The molecule has 1 aliphatic rings. The van der Waals surface area contributed by atoms with Crippen LogP contribution < -0.4 is 4.90 Å². The molecule has 0 spiro atoms. The van der Waals surface area contributed by atoms with Gasteiger partial charge in [0.15, 0.2) is 0 Å². The fourth-order valence-electron chi connectivity index (χ4n) is 3.09. The van der Waals surface area contributed by atoms with Crippen LogP contribution in [-0.4, -0.2) is 50.6 Å². The van der Waals surface area contributed by atoms with Crippen LogP contribution in [-0.2, 0) is 10.0 Å². The van der Waals surface area contributed by atoms with Gasteiger partial charge in [0.2, 0.25) is 10.0 Å². The van der Waals surface area contributed by atoms with Crippen molar-refractivity contribution in [3.05, 3.63) is 65.2 Å². The van der Waals surface area contributed by atoms with Gasteiger partial charge in [-0.2, -0.15) is 4.31 Å². The molecule has 0 amide bonds. The molecule has 2 aromatic rings. The summed E-state index contributed by atoms with van der Waals surface area (Å²) in [6.45, 7) is 2.79. The molecule has 2 aromatic carbocycles. The summed E-state index contributed by atoms with van der Waals surface area (Å²) in [6.07, 6.45) is -0.535. The van der Waals surface area contributed by atoms with Crippen LogP contribution in [0, 0.1) is 0 Å². The number of aliphatic hydroxyl groups excluding tert-OH is 1. The number of aliphatic hydroxyl groups is 1. The normalized spacial score (nSPS) is 18.2. The van der Waals surface area contributed by atoms with Gasteiger partial charge in [0.05, 0.1) is 31.1 Å². The number of benzene rings is 2. The van der Waals surface area contributed by atoms with Gasteiger partial charge >= 0.3 is 0 Å².